The number of nitrogens with zero attached hydrogens (tertiary/aromatic N) is 2. The molecule has 2 aromatic rings. The maximum atomic E-state index is 12.0. The number of carbonyl (C=O) groups excluding carboxylic acids is 1. The summed E-state index contributed by atoms with van der Waals surface area (Å²) in [5.41, 5.74) is 2.99. The molecular weight excluding hydrogens is 477 g/mol. The van der Waals surface area contributed by atoms with Gasteiger partial charge in [-0.25, -0.2) is 0 Å². The minimum Gasteiger partial charge on any atom is -0.369 e. The first-order valence-corrected chi connectivity index (χ1v) is 9.84. The molecule has 1 unspecified atom stereocenters. The summed E-state index contributed by atoms with van der Waals surface area (Å²) in [4.78, 5) is 18.7. The summed E-state index contributed by atoms with van der Waals surface area (Å²) in [5, 5.41) is 9.70. The molecule has 1 saturated heterocycles. The Morgan fingerprint density at radius 1 is 1.14 bits per heavy atom. The van der Waals surface area contributed by atoms with E-state index in [1.807, 2.05) is 37.3 Å². The van der Waals surface area contributed by atoms with E-state index in [0.29, 0.717) is 24.7 Å². The van der Waals surface area contributed by atoms with Crippen molar-refractivity contribution in [3.63, 3.8) is 0 Å². The number of anilines is 1. The molecule has 3 rings (SSSR count). The summed E-state index contributed by atoms with van der Waals surface area (Å²) < 4.78 is 0. The highest BCUT2D eigenvalue weighted by molar-refractivity contribution is 14.0. The molecule has 1 aliphatic heterocycles. The first-order valence-electron chi connectivity index (χ1n) is 9.84. The van der Waals surface area contributed by atoms with Crippen LogP contribution in [0.2, 0.25) is 0 Å². The molecular formula is C22H30IN5O. The maximum absolute atomic E-state index is 12.0. The molecule has 1 fully saturated rings. The minimum atomic E-state index is -0.0428. The number of nitrogens with one attached hydrogen (secondary N) is 3. The summed E-state index contributed by atoms with van der Waals surface area (Å²) in [6, 6.07) is 18.5. The van der Waals surface area contributed by atoms with Gasteiger partial charge in [-0.15, -0.1) is 24.0 Å². The summed E-state index contributed by atoms with van der Waals surface area (Å²) in [5.74, 6) is 0.738. The third-order valence-corrected chi connectivity index (χ3v) is 4.86. The molecule has 3 N–H and O–H groups in total. The van der Waals surface area contributed by atoms with Crippen molar-refractivity contribution in [3.05, 3.63) is 65.7 Å². The Balaban J connectivity index is 0.00000300. The van der Waals surface area contributed by atoms with E-state index in [2.05, 4.69) is 50.1 Å². The molecule has 0 radical (unpaired) electrons. The number of amides is 1. The van der Waals surface area contributed by atoms with Crippen molar-refractivity contribution < 1.29 is 4.79 Å². The van der Waals surface area contributed by atoms with E-state index in [1.54, 1.807) is 7.05 Å². The fraction of sp³-hybridized carbons (Fsp3) is 0.364. The van der Waals surface area contributed by atoms with E-state index in [-0.39, 0.29) is 29.9 Å². The van der Waals surface area contributed by atoms with Gasteiger partial charge in [0.15, 0.2) is 5.96 Å². The summed E-state index contributed by atoms with van der Waals surface area (Å²) in [6.07, 6.45) is 1.07. The Hall–Kier alpha value is -2.29. The van der Waals surface area contributed by atoms with Crippen molar-refractivity contribution in [1.82, 2.24) is 16.0 Å². The predicted octanol–water partition coefficient (Wildman–Crippen LogP) is 3.00. The van der Waals surface area contributed by atoms with Crippen LogP contribution in [-0.2, 0) is 6.54 Å². The molecule has 0 aliphatic carbocycles. The molecule has 1 atom stereocenters. The van der Waals surface area contributed by atoms with E-state index < -0.39 is 0 Å². The average molecular weight is 507 g/mol. The van der Waals surface area contributed by atoms with Gasteiger partial charge in [-0.05, 0) is 43.2 Å². The first kappa shape index (κ1) is 23.0. The monoisotopic (exact) mass is 507 g/mol. The molecule has 29 heavy (non-hydrogen) atoms. The lowest BCUT2D eigenvalue weighted by atomic mass is 10.1. The minimum absolute atomic E-state index is 0. The number of halogens is 1. The van der Waals surface area contributed by atoms with Gasteiger partial charge in [-0.2, -0.15) is 0 Å². The number of hydrogen-bond donors (Lipinski definition) is 3. The van der Waals surface area contributed by atoms with Crippen LogP contribution in [0.5, 0.6) is 0 Å². The molecule has 1 amide bonds. The lowest BCUT2D eigenvalue weighted by Crippen LogP contribution is -2.44. The SMILES string of the molecule is CCNC(=O)c1cccc(CNC(=NC)NC2CCN(c3ccccc3)C2)c1.I. The van der Waals surface area contributed by atoms with Crippen LogP contribution in [0.3, 0.4) is 0 Å². The van der Waals surface area contributed by atoms with E-state index in [0.717, 1.165) is 31.0 Å². The Labute approximate surface area is 190 Å². The molecule has 0 aromatic heterocycles. The van der Waals surface area contributed by atoms with Gasteiger partial charge in [0.05, 0.1) is 0 Å². The number of para-hydroxylation sites is 1. The zero-order valence-corrected chi connectivity index (χ0v) is 19.4. The van der Waals surface area contributed by atoms with Gasteiger partial charge < -0.3 is 20.9 Å². The Morgan fingerprint density at radius 3 is 2.66 bits per heavy atom. The molecule has 0 bridgehead atoms. The van der Waals surface area contributed by atoms with Crippen molar-refractivity contribution in [1.29, 1.82) is 0 Å². The molecule has 6 nitrogen and oxygen atoms in total. The van der Waals surface area contributed by atoms with Gasteiger partial charge in [0.1, 0.15) is 0 Å². The van der Waals surface area contributed by atoms with Crippen LogP contribution in [0.15, 0.2) is 59.6 Å². The molecule has 2 aromatic carbocycles. The van der Waals surface area contributed by atoms with Crippen LogP contribution in [0, 0.1) is 0 Å². The molecule has 156 valence electrons. The zero-order chi connectivity index (χ0) is 19.8. The molecule has 0 saturated carbocycles. The van der Waals surface area contributed by atoms with Crippen LogP contribution < -0.4 is 20.9 Å². The lowest BCUT2D eigenvalue weighted by molar-refractivity contribution is 0.0955. The summed E-state index contributed by atoms with van der Waals surface area (Å²) in [7, 11) is 1.78. The van der Waals surface area contributed by atoms with Gasteiger partial charge in [0, 0.05) is 50.5 Å². The Morgan fingerprint density at radius 2 is 1.93 bits per heavy atom. The Kier molecular flexibility index (Phi) is 9.24. The van der Waals surface area contributed by atoms with Crippen LogP contribution in [0.1, 0.15) is 29.3 Å². The van der Waals surface area contributed by atoms with Crippen molar-refractivity contribution in [3.8, 4) is 0 Å². The Bertz CT molecular complexity index is 812. The highest BCUT2D eigenvalue weighted by Gasteiger charge is 2.23. The first-order chi connectivity index (χ1) is 13.7. The quantitative estimate of drug-likeness (QED) is 0.320. The summed E-state index contributed by atoms with van der Waals surface area (Å²) in [6.45, 7) is 5.15. The van der Waals surface area contributed by atoms with Crippen LogP contribution in [0.25, 0.3) is 0 Å². The van der Waals surface area contributed by atoms with E-state index >= 15 is 0 Å². The second kappa shape index (κ2) is 11.6. The fourth-order valence-corrected chi connectivity index (χ4v) is 3.41. The largest absolute Gasteiger partial charge is 0.369 e. The van der Waals surface area contributed by atoms with E-state index in [9.17, 15) is 4.79 Å². The van der Waals surface area contributed by atoms with Gasteiger partial charge in [-0.1, -0.05) is 30.3 Å². The summed E-state index contributed by atoms with van der Waals surface area (Å²) >= 11 is 0. The van der Waals surface area contributed by atoms with Gasteiger partial charge in [0.25, 0.3) is 5.91 Å². The average Bonchev–Trinajstić information content (AvgIpc) is 3.21. The van der Waals surface area contributed by atoms with Crippen molar-refractivity contribution >= 4 is 41.5 Å². The van der Waals surface area contributed by atoms with E-state index in [1.165, 1.54) is 5.69 Å². The predicted molar refractivity (Wildman–Crippen MR) is 130 cm³/mol. The van der Waals surface area contributed by atoms with Crippen molar-refractivity contribution in [2.75, 3.05) is 31.6 Å². The highest BCUT2D eigenvalue weighted by Crippen LogP contribution is 2.19. The van der Waals surface area contributed by atoms with Crippen molar-refractivity contribution in [2.45, 2.75) is 25.9 Å². The van der Waals surface area contributed by atoms with Crippen LogP contribution in [0.4, 0.5) is 5.69 Å². The van der Waals surface area contributed by atoms with Gasteiger partial charge in [-0.3, -0.25) is 9.79 Å². The lowest BCUT2D eigenvalue weighted by Gasteiger charge is -2.20. The number of benzene rings is 2. The molecule has 0 spiro atoms. The number of carbonyl (C=O) groups is 1. The van der Waals surface area contributed by atoms with Crippen molar-refractivity contribution in [2.24, 2.45) is 4.99 Å². The highest BCUT2D eigenvalue weighted by atomic mass is 127. The standard InChI is InChI=1S/C22H29N5O.HI/c1-3-24-21(28)18-9-7-8-17(14-18)15-25-22(23-2)26-19-12-13-27(16-19)20-10-5-4-6-11-20;/h4-11,14,19H,3,12-13,15-16H2,1-2H3,(H,24,28)(H2,23,25,26);1H. The topological polar surface area (TPSA) is 68.8 Å². The third-order valence-electron chi connectivity index (χ3n) is 4.86. The fourth-order valence-electron chi connectivity index (χ4n) is 3.41. The number of aliphatic imine (C=N–C) groups is 1. The smallest absolute Gasteiger partial charge is 0.251 e. The second-order valence-electron chi connectivity index (χ2n) is 6.90. The third kappa shape index (κ3) is 6.62. The van der Waals surface area contributed by atoms with E-state index in [4.69, 9.17) is 0 Å². The van der Waals surface area contributed by atoms with Gasteiger partial charge in [0.2, 0.25) is 0 Å². The maximum Gasteiger partial charge on any atom is 0.251 e. The number of rotatable bonds is 6. The molecule has 7 heteroatoms. The zero-order valence-electron chi connectivity index (χ0n) is 17.0. The van der Waals surface area contributed by atoms with Crippen LogP contribution in [-0.4, -0.2) is 44.6 Å². The van der Waals surface area contributed by atoms with Crippen LogP contribution >= 0.6 is 24.0 Å². The number of guanidine groups is 1. The normalized spacial score (nSPS) is 16.1. The second-order valence-corrected chi connectivity index (χ2v) is 6.90. The molecule has 1 aliphatic rings. The molecule has 1 heterocycles. The number of hydrogen-bond acceptors (Lipinski definition) is 3. The van der Waals surface area contributed by atoms with Gasteiger partial charge >= 0.3 is 0 Å².